The Morgan fingerprint density at radius 3 is 2.72 bits per heavy atom. The summed E-state index contributed by atoms with van der Waals surface area (Å²) in [6.45, 7) is -0.108. The molecule has 0 aromatic heterocycles. The Bertz CT molecular complexity index is 966. The molecule has 0 aliphatic heterocycles. The molecule has 5 N–H and O–H groups in total. The van der Waals surface area contributed by atoms with Gasteiger partial charge >= 0.3 is 5.97 Å². The second kappa shape index (κ2) is 10.2. The van der Waals surface area contributed by atoms with Gasteiger partial charge in [-0.15, -0.1) is 5.26 Å². The fourth-order valence-electron chi connectivity index (χ4n) is 2.29. The first-order chi connectivity index (χ1) is 13.9. The highest BCUT2D eigenvalue weighted by Crippen LogP contribution is 2.25. The molecule has 9 nitrogen and oxygen atoms in total. The minimum Gasteiger partial charge on any atom is -0.496 e. The van der Waals surface area contributed by atoms with Crippen LogP contribution in [-0.4, -0.2) is 25.6 Å². The van der Waals surface area contributed by atoms with Crippen LogP contribution in [-0.2, 0) is 14.3 Å². The number of methoxy groups -OCH3 is 1. The fourth-order valence-corrected chi connectivity index (χ4v) is 2.29. The predicted molar refractivity (Wildman–Crippen MR) is 108 cm³/mol. The highest BCUT2D eigenvalue weighted by Gasteiger charge is 2.08. The summed E-state index contributed by atoms with van der Waals surface area (Å²) in [7, 11) is 1.45. The summed E-state index contributed by atoms with van der Waals surface area (Å²) in [5, 5.41) is 11.1. The molecule has 9 heteroatoms. The lowest BCUT2D eigenvalue weighted by Gasteiger charge is -2.09. The van der Waals surface area contributed by atoms with E-state index in [2.05, 4.69) is 5.32 Å². The van der Waals surface area contributed by atoms with Crippen LogP contribution >= 0.6 is 0 Å². The van der Waals surface area contributed by atoms with Crippen LogP contribution in [0.15, 0.2) is 42.5 Å². The van der Waals surface area contributed by atoms with Crippen molar-refractivity contribution >= 4 is 35.0 Å². The van der Waals surface area contributed by atoms with Crippen LogP contribution in [0.4, 0.5) is 17.1 Å². The zero-order chi connectivity index (χ0) is 21.2. The third-order valence-electron chi connectivity index (χ3n) is 3.69. The van der Waals surface area contributed by atoms with Crippen molar-refractivity contribution in [2.45, 2.75) is 6.42 Å². The van der Waals surface area contributed by atoms with E-state index in [0.717, 1.165) is 0 Å². The number of carbonyl (C=O) groups is 2. The molecule has 0 heterocycles. The van der Waals surface area contributed by atoms with E-state index in [4.69, 9.17) is 30.9 Å². The summed E-state index contributed by atoms with van der Waals surface area (Å²) in [4.78, 5) is 23.8. The minimum atomic E-state index is -0.624. The summed E-state index contributed by atoms with van der Waals surface area (Å²) in [6, 6.07) is 9.45. The Balaban J connectivity index is 1.84. The topological polar surface area (TPSA) is 150 Å². The van der Waals surface area contributed by atoms with Crippen molar-refractivity contribution in [1.82, 2.24) is 0 Å². The van der Waals surface area contributed by atoms with E-state index < -0.39 is 5.97 Å². The summed E-state index contributed by atoms with van der Waals surface area (Å²) >= 11 is 0. The summed E-state index contributed by atoms with van der Waals surface area (Å²) in [5.41, 5.74) is 13.3. The van der Waals surface area contributed by atoms with Crippen LogP contribution in [0.5, 0.6) is 11.5 Å². The summed E-state index contributed by atoms with van der Waals surface area (Å²) in [5.74, 6) is -0.258. The van der Waals surface area contributed by atoms with E-state index in [9.17, 15) is 9.59 Å². The van der Waals surface area contributed by atoms with Gasteiger partial charge in [0.25, 0.3) is 6.26 Å². The average Bonchev–Trinajstić information content (AvgIpc) is 2.70. The molecule has 0 bridgehead atoms. The molecule has 0 saturated heterocycles. The Morgan fingerprint density at radius 2 is 2.00 bits per heavy atom. The molecule has 0 aliphatic rings. The van der Waals surface area contributed by atoms with Crippen LogP contribution in [0.3, 0.4) is 0 Å². The minimum absolute atomic E-state index is 0.0443. The SMILES string of the molecule is COc1cc(OC#N)ccc1/C=C/C(=O)OCCC(=O)Nc1cc(N)ccc1N. The van der Waals surface area contributed by atoms with Gasteiger partial charge in [0.05, 0.1) is 24.9 Å². The van der Waals surface area contributed by atoms with Crippen molar-refractivity contribution in [2.24, 2.45) is 0 Å². The molecule has 1 amide bonds. The van der Waals surface area contributed by atoms with Crippen LogP contribution in [0.25, 0.3) is 6.08 Å². The van der Waals surface area contributed by atoms with Crippen LogP contribution in [0.2, 0.25) is 0 Å². The molecule has 2 aromatic carbocycles. The molecule has 150 valence electrons. The third kappa shape index (κ3) is 6.48. The summed E-state index contributed by atoms with van der Waals surface area (Å²) in [6.07, 6.45) is 4.22. The largest absolute Gasteiger partial charge is 0.496 e. The van der Waals surface area contributed by atoms with Crippen LogP contribution in [0, 0.1) is 11.5 Å². The highest BCUT2D eigenvalue weighted by atomic mass is 16.5. The Kier molecular flexibility index (Phi) is 7.44. The number of anilines is 3. The molecule has 2 aromatic rings. The van der Waals surface area contributed by atoms with Gasteiger partial charge in [0.2, 0.25) is 5.91 Å². The molecular weight excluding hydrogens is 376 g/mol. The van der Waals surface area contributed by atoms with Gasteiger partial charge in [-0.1, -0.05) is 0 Å². The van der Waals surface area contributed by atoms with Gasteiger partial charge in [-0.05, 0) is 36.4 Å². The van der Waals surface area contributed by atoms with E-state index in [1.807, 2.05) is 0 Å². The normalized spacial score (nSPS) is 10.2. The highest BCUT2D eigenvalue weighted by molar-refractivity contribution is 5.95. The number of hydrogen-bond donors (Lipinski definition) is 3. The van der Waals surface area contributed by atoms with E-state index in [-0.39, 0.29) is 18.9 Å². The molecule has 0 saturated carbocycles. The second-order valence-electron chi connectivity index (χ2n) is 5.74. The summed E-state index contributed by atoms with van der Waals surface area (Å²) < 4.78 is 14.9. The molecule has 0 atom stereocenters. The number of nitriles is 1. The number of carbonyl (C=O) groups excluding carboxylic acids is 2. The van der Waals surface area contributed by atoms with Crippen LogP contribution in [0.1, 0.15) is 12.0 Å². The lowest BCUT2D eigenvalue weighted by atomic mass is 10.2. The zero-order valence-corrected chi connectivity index (χ0v) is 15.7. The fraction of sp³-hybridized carbons (Fsp3) is 0.150. The number of nitrogens with zero attached hydrogens (tertiary/aromatic N) is 1. The smallest absolute Gasteiger partial charge is 0.330 e. The van der Waals surface area contributed by atoms with E-state index in [1.54, 1.807) is 36.6 Å². The quantitative estimate of drug-likeness (QED) is 0.266. The maximum absolute atomic E-state index is 11.9. The first-order valence-electron chi connectivity index (χ1n) is 8.46. The number of benzene rings is 2. The number of amides is 1. The van der Waals surface area contributed by atoms with Gasteiger partial charge in [-0.3, -0.25) is 4.79 Å². The molecule has 0 spiro atoms. The van der Waals surface area contributed by atoms with E-state index in [0.29, 0.717) is 34.1 Å². The third-order valence-corrected chi connectivity index (χ3v) is 3.69. The maximum Gasteiger partial charge on any atom is 0.330 e. The van der Waals surface area contributed by atoms with Crippen molar-refractivity contribution in [3.05, 3.63) is 48.0 Å². The lowest BCUT2D eigenvalue weighted by Crippen LogP contribution is -2.16. The van der Waals surface area contributed by atoms with Gasteiger partial charge in [-0.25, -0.2) is 4.79 Å². The van der Waals surface area contributed by atoms with Crippen LogP contribution < -0.4 is 26.3 Å². The van der Waals surface area contributed by atoms with Crippen molar-refractivity contribution in [1.29, 1.82) is 5.26 Å². The first-order valence-corrected chi connectivity index (χ1v) is 8.46. The first kappa shape index (κ1) is 21.1. The Labute approximate surface area is 167 Å². The molecule has 29 heavy (non-hydrogen) atoms. The molecule has 0 unspecified atom stereocenters. The van der Waals surface area contributed by atoms with Gasteiger partial charge in [-0.2, -0.15) is 0 Å². The number of esters is 1. The Hall–Kier alpha value is -4.19. The molecule has 0 fully saturated rings. The number of ether oxygens (including phenoxy) is 3. The van der Waals surface area contributed by atoms with Gasteiger partial charge < -0.3 is 31.0 Å². The van der Waals surface area contributed by atoms with Gasteiger partial charge in [0.15, 0.2) is 0 Å². The van der Waals surface area contributed by atoms with Crippen molar-refractivity contribution in [3.63, 3.8) is 0 Å². The Morgan fingerprint density at radius 1 is 1.21 bits per heavy atom. The van der Waals surface area contributed by atoms with Gasteiger partial charge in [0, 0.05) is 23.4 Å². The van der Waals surface area contributed by atoms with Gasteiger partial charge in [0.1, 0.15) is 18.1 Å². The number of nitrogen functional groups attached to an aromatic ring is 2. The number of hydrogen-bond acceptors (Lipinski definition) is 8. The second-order valence-corrected chi connectivity index (χ2v) is 5.74. The molecule has 2 rings (SSSR count). The van der Waals surface area contributed by atoms with Crippen molar-refractivity contribution in [3.8, 4) is 17.8 Å². The lowest BCUT2D eigenvalue weighted by molar-refractivity contribution is -0.138. The predicted octanol–water partition coefficient (Wildman–Crippen LogP) is 2.30. The number of rotatable bonds is 8. The van der Waals surface area contributed by atoms with Crippen molar-refractivity contribution < 1.29 is 23.8 Å². The zero-order valence-electron chi connectivity index (χ0n) is 15.7. The average molecular weight is 396 g/mol. The van der Waals surface area contributed by atoms with Crippen molar-refractivity contribution in [2.75, 3.05) is 30.5 Å². The maximum atomic E-state index is 11.9. The number of nitrogens with two attached hydrogens (primary N) is 2. The van der Waals surface area contributed by atoms with E-state index in [1.165, 1.54) is 25.3 Å². The molecule has 0 aliphatic carbocycles. The molecule has 0 radical (unpaired) electrons. The monoisotopic (exact) mass is 396 g/mol. The number of nitrogens with one attached hydrogen (secondary N) is 1. The van der Waals surface area contributed by atoms with E-state index >= 15 is 0 Å². The standard InChI is InChI=1S/C20H20N4O5/c1-27-18-11-15(29-12-21)5-2-13(18)3-7-20(26)28-9-8-19(25)24-17-10-14(22)4-6-16(17)23/h2-7,10-11H,8-9,22-23H2,1H3,(H,24,25)/b7-3+. The molecular formula is C20H20N4O5.